The standard InChI is InChI=1S/C14H11FN2O4/c1-9(18)16-13-4-2-3-5-14(13)21-12-7-10(15)6-11(8-12)17(19)20/h2-8H,1H3,(H,16,18). The molecule has 0 aliphatic carbocycles. The summed E-state index contributed by atoms with van der Waals surface area (Å²) in [6.45, 7) is 1.34. The van der Waals surface area contributed by atoms with E-state index in [2.05, 4.69) is 5.32 Å². The van der Waals surface area contributed by atoms with Gasteiger partial charge >= 0.3 is 0 Å². The zero-order valence-corrected chi connectivity index (χ0v) is 11.0. The number of carbonyl (C=O) groups excluding carboxylic acids is 1. The number of ether oxygens (including phenoxy) is 1. The maximum Gasteiger partial charge on any atom is 0.276 e. The number of halogens is 1. The van der Waals surface area contributed by atoms with Gasteiger partial charge in [0.1, 0.15) is 11.6 Å². The van der Waals surface area contributed by atoms with Crippen LogP contribution in [-0.2, 0) is 4.79 Å². The Bertz CT molecular complexity index is 703. The van der Waals surface area contributed by atoms with Crippen LogP contribution in [0.4, 0.5) is 15.8 Å². The van der Waals surface area contributed by atoms with Crippen molar-refractivity contribution in [3.63, 3.8) is 0 Å². The molecule has 1 amide bonds. The van der Waals surface area contributed by atoms with Gasteiger partial charge in [0.25, 0.3) is 5.69 Å². The molecule has 108 valence electrons. The molecule has 2 rings (SSSR count). The average molecular weight is 290 g/mol. The first-order valence-corrected chi connectivity index (χ1v) is 5.95. The third-order valence-electron chi connectivity index (χ3n) is 2.49. The first-order chi connectivity index (χ1) is 9.95. The van der Waals surface area contributed by atoms with Crippen LogP contribution in [0.1, 0.15) is 6.92 Å². The quantitative estimate of drug-likeness (QED) is 0.690. The lowest BCUT2D eigenvalue weighted by molar-refractivity contribution is -0.385. The Balaban J connectivity index is 2.34. The molecule has 0 saturated heterocycles. The van der Waals surface area contributed by atoms with Gasteiger partial charge in [-0.25, -0.2) is 4.39 Å². The number of benzene rings is 2. The number of hydrogen-bond donors (Lipinski definition) is 1. The molecule has 1 N–H and O–H groups in total. The average Bonchev–Trinajstić information content (AvgIpc) is 2.39. The number of nitro groups is 1. The molecular formula is C14H11FN2O4. The highest BCUT2D eigenvalue weighted by Crippen LogP contribution is 2.31. The minimum atomic E-state index is -0.781. The van der Waals surface area contributed by atoms with Gasteiger partial charge in [-0.05, 0) is 12.1 Å². The lowest BCUT2D eigenvalue weighted by Gasteiger charge is -2.11. The van der Waals surface area contributed by atoms with Crippen LogP contribution < -0.4 is 10.1 Å². The van der Waals surface area contributed by atoms with Crippen molar-refractivity contribution in [2.45, 2.75) is 6.92 Å². The predicted molar refractivity (Wildman–Crippen MR) is 73.9 cm³/mol. The van der Waals surface area contributed by atoms with E-state index >= 15 is 0 Å². The molecule has 0 spiro atoms. The summed E-state index contributed by atoms with van der Waals surface area (Å²) in [5, 5.41) is 13.3. The lowest BCUT2D eigenvalue weighted by atomic mass is 10.2. The van der Waals surface area contributed by atoms with Crippen LogP contribution >= 0.6 is 0 Å². The Morgan fingerprint density at radius 3 is 2.67 bits per heavy atom. The van der Waals surface area contributed by atoms with Crippen LogP contribution in [0.2, 0.25) is 0 Å². The Morgan fingerprint density at radius 1 is 1.29 bits per heavy atom. The SMILES string of the molecule is CC(=O)Nc1ccccc1Oc1cc(F)cc([N+](=O)[O-])c1. The zero-order valence-electron chi connectivity index (χ0n) is 11.0. The summed E-state index contributed by atoms with van der Waals surface area (Å²) >= 11 is 0. The van der Waals surface area contributed by atoms with Crippen LogP contribution in [0.25, 0.3) is 0 Å². The van der Waals surface area contributed by atoms with Crippen LogP contribution in [0.5, 0.6) is 11.5 Å². The first-order valence-electron chi connectivity index (χ1n) is 5.95. The van der Waals surface area contributed by atoms with Gasteiger partial charge in [0.2, 0.25) is 5.91 Å². The second-order valence-electron chi connectivity index (χ2n) is 4.18. The van der Waals surface area contributed by atoms with Gasteiger partial charge in [0.05, 0.1) is 22.7 Å². The molecule has 0 heterocycles. The molecule has 0 unspecified atom stereocenters. The molecule has 2 aromatic rings. The maximum atomic E-state index is 13.3. The summed E-state index contributed by atoms with van der Waals surface area (Å²) in [7, 11) is 0. The number of nitrogens with one attached hydrogen (secondary N) is 1. The van der Waals surface area contributed by atoms with E-state index in [1.807, 2.05) is 0 Å². The maximum absolute atomic E-state index is 13.3. The molecule has 0 saturated carbocycles. The summed E-state index contributed by atoms with van der Waals surface area (Å²) in [5.41, 5.74) is -0.0288. The van der Waals surface area contributed by atoms with E-state index in [0.717, 1.165) is 18.2 Å². The molecule has 0 radical (unpaired) electrons. The van der Waals surface area contributed by atoms with Gasteiger partial charge in [0.15, 0.2) is 5.75 Å². The highest BCUT2D eigenvalue weighted by Gasteiger charge is 2.12. The van der Waals surface area contributed by atoms with Crippen molar-refractivity contribution in [2.75, 3.05) is 5.32 Å². The molecule has 6 nitrogen and oxygen atoms in total. The van der Waals surface area contributed by atoms with Crippen molar-refractivity contribution in [1.29, 1.82) is 0 Å². The number of para-hydroxylation sites is 2. The van der Waals surface area contributed by atoms with E-state index in [1.165, 1.54) is 6.92 Å². The van der Waals surface area contributed by atoms with Crippen LogP contribution in [0, 0.1) is 15.9 Å². The second-order valence-corrected chi connectivity index (χ2v) is 4.18. The minimum Gasteiger partial charge on any atom is -0.455 e. The fraction of sp³-hybridized carbons (Fsp3) is 0.0714. The van der Waals surface area contributed by atoms with Crippen LogP contribution in [-0.4, -0.2) is 10.8 Å². The largest absolute Gasteiger partial charge is 0.455 e. The molecule has 7 heteroatoms. The molecular weight excluding hydrogens is 279 g/mol. The third-order valence-corrected chi connectivity index (χ3v) is 2.49. The number of hydrogen-bond acceptors (Lipinski definition) is 4. The smallest absolute Gasteiger partial charge is 0.276 e. The Hall–Kier alpha value is -2.96. The van der Waals surface area contributed by atoms with E-state index < -0.39 is 16.4 Å². The Labute approximate surface area is 119 Å². The molecule has 0 aliphatic heterocycles. The number of carbonyl (C=O) groups is 1. The van der Waals surface area contributed by atoms with Crippen molar-refractivity contribution in [2.24, 2.45) is 0 Å². The van der Waals surface area contributed by atoms with Crippen molar-refractivity contribution in [3.8, 4) is 11.5 Å². The zero-order chi connectivity index (χ0) is 15.4. The van der Waals surface area contributed by atoms with E-state index in [4.69, 9.17) is 4.74 Å². The minimum absolute atomic E-state index is 0.0282. The number of non-ortho nitro benzene ring substituents is 1. The lowest BCUT2D eigenvalue weighted by Crippen LogP contribution is -2.06. The molecule has 0 bridgehead atoms. The van der Waals surface area contributed by atoms with Gasteiger partial charge in [-0.2, -0.15) is 0 Å². The van der Waals surface area contributed by atoms with E-state index in [1.54, 1.807) is 24.3 Å². The molecule has 0 fully saturated rings. The molecule has 0 atom stereocenters. The van der Waals surface area contributed by atoms with E-state index in [9.17, 15) is 19.3 Å². The normalized spacial score (nSPS) is 10.0. The van der Waals surface area contributed by atoms with Gasteiger partial charge in [0, 0.05) is 13.0 Å². The second kappa shape index (κ2) is 6.00. The fourth-order valence-corrected chi connectivity index (χ4v) is 1.69. The molecule has 21 heavy (non-hydrogen) atoms. The number of nitro benzene ring substituents is 1. The number of nitrogens with zero attached hydrogens (tertiary/aromatic N) is 1. The third kappa shape index (κ3) is 3.75. The van der Waals surface area contributed by atoms with Crippen LogP contribution in [0.3, 0.4) is 0 Å². The summed E-state index contributed by atoms with van der Waals surface area (Å²) in [6, 6.07) is 9.44. The number of rotatable bonds is 4. The van der Waals surface area contributed by atoms with E-state index in [0.29, 0.717) is 5.69 Å². The number of amides is 1. The molecule has 0 aromatic heterocycles. The highest BCUT2D eigenvalue weighted by atomic mass is 19.1. The predicted octanol–water partition coefficient (Wildman–Crippen LogP) is 3.48. The first kappa shape index (κ1) is 14.4. The monoisotopic (exact) mass is 290 g/mol. The topological polar surface area (TPSA) is 81.5 Å². The van der Waals surface area contributed by atoms with Gasteiger partial charge < -0.3 is 10.1 Å². The van der Waals surface area contributed by atoms with Crippen molar-refractivity contribution in [3.05, 3.63) is 58.4 Å². The van der Waals surface area contributed by atoms with Crippen molar-refractivity contribution in [1.82, 2.24) is 0 Å². The summed E-state index contributed by atoms with van der Waals surface area (Å²) in [5.74, 6) is -0.848. The highest BCUT2D eigenvalue weighted by molar-refractivity contribution is 5.90. The fourth-order valence-electron chi connectivity index (χ4n) is 1.69. The van der Waals surface area contributed by atoms with Crippen LogP contribution in [0.15, 0.2) is 42.5 Å². The summed E-state index contributed by atoms with van der Waals surface area (Å²) in [6.07, 6.45) is 0. The summed E-state index contributed by atoms with van der Waals surface area (Å²) in [4.78, 5) is 21.1. The Kier molecular flexibility index (Phi) is 4.13. The molecule has 2 aromatic carbocycles. The van der Waals surface area contributed by atoms with Gasteiger partial charge in [-0.1, -0.05) is 12.1 Å². The summed E-state index contributed by atoms with van der Waals surface area (Å²) < 4.78 is 18.8. The number of anilines is 1. The van der Waals surface area contributed by atoms with E-state index in [-0.39, 0.29) is 17.4 Å². The van der Waals surface area contributed by atoms with Gasteiger partial charge in [-0.3, -0.25) is 14.9 Å². The molecule has 0 aliphatic rings. The Morgan fingerprint density at radius 2 is 2.00 bits per heavy atom. The van der Waals surface area contributed by atoms with Crippen molar-refractivity contribution < 1.29 is 18.8 Å². The van der Waals surface area contributed by atoms with Crippen molar-refractivity contribution >= 4 is 17.3 Å². The van der Waals surface area contributed by atoms with Gasteiger partial charge in [-0.15, -0.1) is 0 Å².